The molecule has 0 bridgehead atoms. The van der Waals surface area contributed by atoms with Crippen LogP contribution in [0.1, 0.15) is 12.5 Å². The van der Waals surface area contributed by atoms with Crippen molar-refractivity contribution in [3.8, 4) is 0 Å². The maximum atomic E-state index is 12.8. The van der Waals surface area contributed by atoms with Crippen LogP contribution in [0.5, 0.6) is 0 Å². The van der Waals surface area contributed by atoms with Crippen LogP contribution in [0, 0.1) is 0 Å². The van der Waals surface area contributed by atoms with E-state index < -0.39 is 29.9 Å². The number of rotatable bonds is 4. The number of hydrogen-bond donors (Lipinski definition) is 2. The summed E-state index contributed by atoms with van der Waals surface area (Å²) in [5, 5.41) is 5.90. The molecule has 0 aliphatic carbocycles. The largest absolute Gasteiger partial charge is 0.325 e. The highest BCUT2D eigenvalue weighted by atomic mass is 35.5. The van der Waals surface area contributed by atoms with E-state index in [1.807, 2.05) is 6.07 Å². The minimum atomic E-state index is -1.22. The van der Waals surface area contributed by atoms with Gasteiger partial charge in [-0.25, -0.2) is 4.79 Å². The van der Waals surface area contributed by atoms with Crippen molar-refractivity contribution in [1.29, 1.82) is 0 Å². The summed E-state index contributed by atoms with van der Waals surface area (Å²) in [7, 11) is 0. The summed E-state index contributed by atoms with van der Waals surface area (Å²) in [4.78, 5) is 38.2. The van der Waals surface area contributed by atoms with E-state index in [-0.39, 0.29) is 0 Å². The van der Waals surface area contributed by atoms with Crippen LogP contribution in [0.15, 0.2) is 48.5 Å². The molecular weight excluding hydrogens is 377 g/mol. The molecule has 2 aromatic rings. The Labute approximate surface area is 160 Å². The number of benzene rings is 2. The zero-order valence-corrected chi connectivity index (χ0v) is 15.3. The first kappa shape index (κ1) is 18.2. The fourth-order valence-corrected chi connectivity index (χ4v) is 3.07. The molecule has 0 spiro atoms. The molecule has 0 radical (unpaired) electrons. The molecule has 1 saturated heterocycles. The smallest absolute Gasteiger partial charge is 0.323 e. The quantitative estimate of drug-likeness (QED) is 0.783. The Kier molecular flexibility index (Phi) is 4.89. The van der Waals surface area contributed by atoms with Crippen molar-refractivity contribution in [2.24, 2.45) is 0 Å². The van der Waals surface area contributed by atoms with Crippen molar-refractivity contribution in [3.05, 3.63) is 64.1 Å². The maximum absolute atomic E-state index is 12.8. The van der Waals surface area contributed by atoms with Crippen molar-refractivity contribution in [3.63, 3.8) is 0 Å². The highest BCUT2D eigenvalue weighted by Crippen LogP contribution is 2.29. The van der Waals surface area contributed by atoms with Gasteiger partial charge >= 0.3 is 6.03 Å². The number of urea groups is 1. The molecular formula is C18H15Cl2N3O3. The first-order chi connectivity index (χ1) is 12.3. The number of nitrogens with one attached hydrogen (secondary N) is 2. The lowest BCUT2D eigenvalue weighted by Gasteiger charge is -2.22. The molecule has 134 valence electrons. The van der Waals surface area contributed by atoms with Crippen LogP contribution in [0.25, 0.3) is 0 Å². The second-order valence-corrected chi connectivity index (χ2v) is 6.83. The number of amides is 4. The second-order valence-electron chi connectivity index (χ2n) is 5.98. The Balaban J connectivity index is 1.76. The van der Waals surface area contributed by atoms with Crippen molar-refractivity contribution >= 4 is 46.7 Å². The summed E-state index contributed by atoms with van der Waals surface area (Å²) in [6, 6.07) is 12.8. The van der Waals surface area contributed by atoms with Gasteiger partial charge in [-0.2, -0.15) is 0 Å². The van der Waals surface area contributed by atoms with Gasteiger partial charge in [0.05, 0.1) is 10.7 Å². The molecule has 6 nitrogen and oxygen atoms in total. The summed E-state index contributed by atoms with van der Waals surface area (Å²) in [6.45, 7) is 1.17. The number of carbonyl (C=O) groups is 3. The molecule has 3 rings (SSSR count). The molecule has 1 aliphatic heterocycles. The molecule has 8 heteroatoms. The number of anilines is 1. The molecule has 26 heavy (non-hydrogen) atoms. The first-order valence-electron chi connectivity index (χ1n) is 7.76. The van der Waals surface area contributed by atoms with E-state index >= 15 is 0 Å². The standard InChI is InChI=1S/C18H15Cl2N3O3/c1-18(11-5-3-2-4-6-11)16(25)23(17(26)22-18)10-15(24)21-14-9-12(19)7-8-13(14)20/h2-9H,10H2,1H3,(H,21,24)(H,22,26)/t18-/m1/s1. The summed E-state index contributed by atoms with van der Waals surface area (Å²) >= 11 is 11.9. The zero-order valence-electron chi connectivity index (χ0n) is 13.8. The van der Waals surface area contributed by atoms with Crippen molar-refractivity contribution < 1.29 is 14.4 Å². The Morgan fingerprint density at radius 1 is 1.15 bits per heavy atom. The topological polar surface area (TPSA) is 78.5 Å². The Hall–Kier alpha value is -2.57. The summed E-state index contributed by atoms with van der Waals surface area (Å²) in [6.07, 6.45) is 0. The van der Waals surface area contributed by atoms with Gasteiger partial charge in [-0.05, 0) is 30.7 Å². The fourth-order valence-electron chi connectivity index (χ4n) is 2.73. The van der Waals surface area contributed by atoms with E-state index in [0.717, 1.165) is 4.90 Å². The van der Waals surface area contributed by atoms with Crippen molar-refractivity contribution in [1.82, 2.24) is 10.2 Å². The Bertz CT molecular complexity index is 889. The molecule has 1 fully saturated rings. The van der Waals surface area contributed by atoms with Crippen LogP contribution in [-0.2, 0) is 15.1 Å². The van der Waals surface area contributed by atoms with Gasteiger partial charge in [-0.1, -0.05) is 53.5 Å². The molecule has 1 aliphatic rings. The fraction of sp³-hybridized carbons (Fsp3) is 0.167. The zero-order chi connectivity index (χ0) is 18.9. The van der Waals surface area contributed by atoms with Gasteiger partial charge in [-0.3, -0.25) is 14.5 Å². The van der Waals surface area contributed by atoms with Crippen molar-refractivity contribution in [2.45, 2.75) is 12.5 Å². The minimum Gasteiger partial charge on any atom is -0.323 e. The van der Waals surface area contributed by atoms with E-state index in [9.17, 15) is 14.4 Å². The SMILES string of the molecule is C[C@]1(c2ccccc2)NC(=O)N(CC(=O)Nc2cc(Cl)ccc2Cl)C1=O. The lowest BCUT2D eigenvalue weighted by atomic mass is 9.92. The van der Waals surface area contributed by atoms with Crippen molar-refractivity contribution in [2.75, 3.05) is 11.9 Å². The third-order valence-electron chi connectivity index (χ3n) is 4.13. The van der Waals surface area contributed by atoms with Crippen LogP contribution in [0.3, 0.4) is 0 Å². The molecule has 2 aromatic carbocycles. The third kappa shape index (κ3) is 3.38. The van der Waals surface area contributed by atoms with E-state index in [4.69, 9.17) is 23.2 Å². The Morgan fingerprint density at radius 3 is 2.54 bits per heavy atom. The number of carbonyl (C=O) groups excluding carboxylic acids is 3. The van der Waals surface area contributed by atoms with Gasteiger partial charge in [0.1, 0.15) is 12.1 Å². The molecule has 0 unspecified atom stereocenters. The highest BCUT2D eigenvalue weighted by molar-refractivity contribution is 6.35. The number of halogens is 2. The predicted molar refractivity (Wildman–Crippen MR) is 99.1 cm³/mol. The van der Waals surface area contributed by atoms with Crippen LogP contribution >= 0.6 is 23.2 Å². The van der Waals surface area contributed by atoms with E-state index in [0.29, 0.717) is 21.3 Å². The monoisotopic (exact) mass is 391 g/mol. The summed E-state index contributed by atoms with van der Waals surface area (Å²) in [5.41, 5.74) is -0.270. The van der Waals surface area contributed by atoms with E-state index in [1.165, 1.54) is 6.07 Å². The average Bonchev–Trinajstić information content (AvgIpc) is 2.83. The van der Waals surface area contributed by atoms with Crippen LogP contribution in [-0.4, -0.2) is 29.3 Å². The number of hydrogen-bond acceptors (Lipinski definition) is 3. The van der Waals surface area contributed by atoms with Gasteiger partial charge in [0, 0.05) is 5.02 Å². The number of nitrogens with zero attached hydrogens (tertiary/aromatic N) is 1. The van der Waals surface area contributed by atoms with Crippen LogP contribution in [0.2, 0.25) is 10.0 Å². The van der Waals surface area contributed by atoms with Crippen LogP contribution in [0.4, 0.5) is 10.5 Å². The normalized spacial score (nSPS) is 19.4. The molecule has 4 amide bonds. The van der Waals surface area contributed by atoms with Gasteiger partial charge in [-0.15, -0.1) is 0 Å². The first-order valence-corrected chi connectivity index (χ1v) is 8.51. The minimum absolute atomic E-state index is 0.300. The average molecular weight is 392 g/mol. The Morgan fingerprint density at radius 2 is 1.85 bits per heavy atom. The summed E-state index contributed by atoms with van der Waals surface area (Å²) < 4.78 is 0. The molecule has 1 heterocycles. The molecule has 2 N–H and O–H groups in total. The van der Waals surface area contributed by atoms with E-state index in [2.05, 4.69) is 10.6 Å². The number of imide groups is 1. The molecule has 1 atom stereocenters. The molecule has 0 saturated carbocycles. The highest BCUT2D eigenvalue weighted by Gasteiger charge is 2.49. The van der Waals surface area contributed by atoms with Gasteiger partial charge in [0.15, 0.2) is 0 Å². The van der Waals surface area contributed by atoms with Gasteiger partial charge in [0.25, 0.3) is 5.91 Å². The van der Waals surface area contributed by atoms with Gasteiger partial charge < -0.3 is 10.6 Å². The second kappa shape index (κ2) is 6.97. The van der Waals surface area contributed by atoms with E-state index in [1.54, 1.807) is 43.3 Å². The molecule has 0 aromatic heterocycles. The lowest BCUT2D eigenvalue weighted by Crippen LogP contribution is -2.42. The summed E-state index contributed by atoms with van der Waals surface area (Å²) in [5.74, 6) is -1.06. The third-order valence-corrected chi connectivity index (χ3v) is 4.70. The van der Waals surface area contributed by atoms with Gasteiger partial charge in [0.2, 0.25) is 5.91 Å². The predicted octanol–water partition coefficient (Wildman–Crippen LogP) is 3.40. The lowest BCUT2D eigenvalue weighted by molar-refractivity contribution is -0.133. The van der Waals surface area contributed by atoms with Crippen LogP contribution < -0.4 is 10.6 Å². The maximum Gasteiger partial charge on any atom is 0.325 e.